The number of rotatable bonds is 6. The van der Waals surface area contributed by atoms with Crippen molar-refractivity contribution in [2.24, 2.45) is 11.8 Å². The number of carboxylic acids is 1. The third-order valence-electron chi connectivity index (χ3n) is 4.09. The Morgan fingerprint density at radius 1 is 1.35 bits per heavy atom. The molecule has 0 bridgehead atoms. The van der Waals surface area contributed by atoms with E-state index < -0.39 is 5.97 Å². The molecule has 2 N–H and O–H groups in total. The molecule has 0 unspecified atom stereocenters. The molecule has 2 rings (SSSR count). The zero-order chi connectivity index (χ0) is 14.4. The SMILES string of the molecule is COc1cccc(CNCC2CCC(C(=O)O)CC2)c1. The summed E-state index contributed by atoms with van der Waals surface area (Å²) in [6.45, 7) is 1.79. The Morgan fingerprint density at radius 3 is 2.75 bits per heavy atom. The molecule has 4 nitrogen and oxygen atoms in total. The first-order valence-electron chi connectivity index (χ1n) is 7.25. The number of hydrogen-bond donors (Lipinski definition) is 2. The van der Waals surface area contributed by atoms with E-state index in [4.69, 9.17) is 9.84 Å². The molecule has 0 atom stereocenters. The number of carboxylic acid groups (broad SMARTS) is 1. The average molecular weight is 277 g/mol. The number of aliphatic carboxylic acids is 1. The molecular formula is C16H23NO3. The zero-order valence-electron chi connectivity index (χ0n) is 12.0. The fourth-order valence-electron chi connectivity index (χ4n) is 2.82. The van der Waals surface area contributed by atoms with Gasteiger partial charge in [-0.15, -0.1) is 0 Å². The van der Waals surface area contributed by atoms with Crippen LogP contribution in [0, 0.1) is 11.8 Å². The van der Waals surface area contributed by atoms with E-state index in [1.54, 1.807) is 7.11 Å². The highest BCUT2D eigenvalue weighted by Gasteiger charge is 2.25. The van der Waals surface area contributed by atoms with Crippen molar-refractivity contribution in [3.05, 3.63) is 29.8 Å². The van der Waals surface area contributed by atoms with Crippen molar-refractivity contribution in [3.8, 4) is 5.75 Å². The molecule has 1 saturated carbocycles. The van der Waals surface area contributed by atoms with Crippen LogP contribution in [0.1, 0.15) is 31.2 Å². The smallest absolute Gasteiger partial charge is 0.306 e. The van der Waals surface area contributed by atoms with Crippen molar-refractivity contribution in [2.45, 2.75) is 32.2 Å². The maximum Gasteiger partial charge on any atom is 0.306 e. The van der Waals surface area contributed by atoms with Gasteiger partial charge in [0.15, 0.2) is 0 Å². The molecule has 0 heterocycles. The second kappa shape index (κ2) is 7.29. The Morgan fingerprint density at radius 2 is 2.10 bits per heavy atom. The van der Waals surface area contributed by atoms with E-state index in [2.05, 4.69) is 11.4 Å². The summed E-state index contributed by atoms with van der Waals surface area (Å²) in [5.41, 5.74) is 1.21. The summed E-state index contributed by atoms with van der Waals surface area (Å²) in [5.74, 6) is 0.736. The molecule has 1 fully saturated rings. The van der Waals surface area contributed by atoms with Gasteiger partial charge in [-0.05, 0) is 55.8 Å². The Bertz CT molecular complexity index is 439. The maximum absolute atomic E-state index is 10.9. The summed E-state index contributed by atoms with van der Waals surface area (Å²) in [4.78, 5) is 10.9. The molecule has 20 heavy (non-hydrogen) atoms. The molecule has 0 radical (unpaired) electrons. The predicted octanol–water partition coefficient (Wildman–Crippen LogP) is 2.68. The first-order valence-corrected chi connectivity index (χ1v) is 7.25. The lowest BCUT2D eigenvalue weighted by molar-refractivity contribution is -0.143. The Labute approximate surface area is 120 Å². The highest BCUT2D eigenvalue weighted by molar-refractivity contribution is 5.69. The summed E-state index contributed by atoms with van der Waals surface area (Å²) in [5, 5.41) is 12.4. The van der Waals surface area contributed by atoms with Crippen molar-refractivity contribution in [1.29, 1.82) is 0 Å². The molecular weight excluding hydrogens is 254 g/mol. The lowest BCUT2D eigenvalue weighted by Crippen LogP contribution is -2.28. The minimum Gasteiger partial charge on any atom is -0.497 e. The second-order valence-electron chi connectivity index (χ2n) is 5.54. The Balaban J connectivity index is 1.70. The van der Waals surface area contributed by atoms with E-state index in [1.807, 2.05) is 18.2 Å². The third-order valence-corrected chi connectivity index (χ3v) is 4.09. The average Bonchev–Trinajstić information content (AvgIpc) is 2.48. The van der Waals surface area contributed by atoms with E-state index in [9.17, 15) is 4.79 Å². The predicted molar refractivity (Wildman–Crippen MR) is 77.8 cm³/mol. The van der Waals surface area contributed by atoms with E-state index in [1.165, 1.54) is 5.56 Å². The summed E-state index contributed by atoms with van der Waals surface area (Å²) >= 11 is 0. The topological polar surface area (TPSA) is 58.6 Å². The third kappa shape index (κ3) is 4.23. The van der Waals surface area contributed by atoms with E-state index in [0.717, 1.165) is 44.5 Å². The van der Waals surface area contributed by atoms with Gasteiger partial charge in [0.1, 0.15) is 5.75 Å². The van der Waals surface area contributed by atoms with Crippen molar-refractivity contribution < 1.29 is 14.6 Å². The van der Waals surface area contributed by atoms with Crippen LogP contribution in [0.15, 0.2) is 24.3 Å². The van der Waals surface area contributed by atoms with Crippen LogP contribution in [-0.2, 0) is 11.3 Å². The molecule has 0 spiro atoms. The largest absolute Gasteiger partial charge is 0.497 e. The number of hydrogen-bond acceptors (Lipinski definition) is 3. The number of nitrogens with one attached hydrogen (secondary N) is 1. The molecule has 1 aromatic carbocycles. The molecule has 1 aromatic rings. The molecule has 0 saturated heterocycles. The lowest BCUT2D eigenvalue weighted by Gasteiger charge is -2.26. The fraction of sp³-hybridized carbons (Fsp3) is 0.562. The van der Waals surface area contributed by atoms with Gasteiger partial charge in [0, 0.05) is 6.54 Å². The van der Waals surface area contributed by atoms with E-state index >= 15 is 0 Å². The van der Waals surface area contributed by atoms with Crippen LogP contribution in [0.4, 0.5) is 0 Å². The lowest BCUT2D eigenvalue weighted by atomic mass is 9.82. The van der Waals surface area contributed by atoms with Crippen LogP contribution < -0.4 is 10.1 Å². The van der Waals surface area contributed by atoms with Gasteiger partial charge in [-0.2, -0.15) is 0 Å². The van der Waals surface area contributed by atoms with Gasteiger partial charge >= 0.3 is 5.97 Å². The van der Waals surface area contributed by atoms with Crippen molar-refractivity contribution in [2.75, 3.05) is 13.7 Å². The first kappa shape index (κ1) is 14.9. The summed E-state index contributed by atoms with van der Waals surface area (Å²) in [6, 6.07) is 8.05. The number of carbonyl (C=O) groups is 1. The second-order valence-corrected chi connectivity index (χ2v) is 5.54. The normalized spacial score (nSPS) is 22.4. The van der Waals surface area contributed by atoms with Crippen molar-refractivity contribution in [3.63, 3.8) is 0 Å². The number of benzene rings is 1. The summed E-state index contributed by atoms with van der Waals surface area (Å²) in [7, 11) is 1.67. The first-order chi connectivity index (χ1) is 9.69. The molecule has 1 aliphatic carbocycles. The van der Waals surface area contributed by atoms with Crippen LogP contribution in [0.3, 0.4) is 0 Å². The molecule has 110 valence electrons. The van der Waals surface area contributed by atoms with Crippen LogP contribution >= 0.6 is 0 Å². The number of methoxy groups -OCH3 is 1. The van der Waals surface area contributed by atoms with Crippen LogP contribution in [0.2, 0.25) is 0 Å². The molecule has 4 heteroatoms. The summed E-state index contributed by atoms with van der Waals surface area (Å²) in [6.07, 6.45) is 3.67. The number of ether oxygens (including phenoxy) is 1. The standard InChI is InChI=1S/C16H23NO3/c1-20-15-4-2-3-13(9-15)11-17-10-12-5-7-14(8-6-12)16(18)19/h2-4,9,12,14,17H,5-8,10-11H2,1H3,(H,18,19). The van der Waals surface area contributed by atoms with Crippen LogP contribution in [0.25, 0.3) is 0 Å². The van der Waals surface area contributed by atoms with Gasteiger partial charge in [-0.25, -0.2) is 0 Å². The molecule has 1 aliphatic rings. The molecule has 0 amide bonds. The van der Waals surface area contributed by atoms with Gasteiger partial charge in [0.25, 0.3) is 0 Å². The zero-order valence-corrected chi connectivity index (χ0v) is 12.0. The van der Waals surface area contributed by atoms with Crippen molar-refractivity contribution in [1.82, 2.24) is 5.32 Å². The molecule has 0 aliphatic heterocycles. The van der Waals surface area contributed by atoms with Gasteiger partial charge < -0.3 is 15.2 Å². The Hall–Kier alpha value is -1.55. The summed E-state index contributed by atoms with van der Waals surface area (Å²) < 4.78 is 5.20. The van der Waals surface area contributed by atoms with Gasteiger partial charge in [-0.1, -0.05) is 12.1 Å². The minimum absolute atomic E-state index is 0.121. The van der Waals surface area contributed by atoms with Crippen molar-refractivity contribution >= 4 is 5.97 Å². The quantitative estimate of drug-likeness (QED) is 0.839. The van der Waals surface area contributed by atoms with E-state index in [-0.39, 0.29) is 5.92 Å². The molecule has 0 aromatic heterocycles. The maximum atomic E-state index is 10.9. The van der Waals surface area contributed by atoms with Crippen LogP contribution in [0.5, 0.6) is 5.75 Å². The fourth-order valence-corrected chi connectivity index (χ4v) is 2.82. The van der Waals surface area contributed by atoms with Gasteiger partial charge in [0.05, 0.1) is 13.0 Å². The van der Waals surface area contributed by atoms with Gasteiger partial charge in [0.2, 0.25) is 0 Å². The highest BCUT2D eigenvalue weighted by Crippen LogP contribution is 2.28. The monoisotopic (exact) mass is 277 g/mol. The minimum atomic E-state index is -0.632. The Kier molecular flexibility index (Phi) is 5.41. The van der Waals surface area contributed by atoms with Gasteiger partial charge in [-0.3, -0.25) is 4.79 Å². The van der Waals surface area contributed by atoms with Crippen LogP contribution in [-0.4, -0.2) is 24.7 Å². The highest BCUT2D eigenvalue weighted by atomic mass is 16.5. The van der Waals surface area contributed by atoms with E-state index in [0.29, 0.717) is 5.92 Å².